The maximum absolute atomic E-state index is 13.9. The summed E-state index contributed by atoms with van der Waals surface area (Å²) in [6.45, 7) is 10.2. The number of piperazine rings is 1. The summed E-state index contributed by atoms with van der Waals surface area (Å²) in [7, 11) is 0.346. The third-order valence-corrected chi connectivity index (χ3v) is 12.3. The second-order valence-corrected chi connectivity index (χ2v) is 16.3. The molecule has 12 heteroatoms. The van der Waals surface area contributed by atoms with Crippen molar-refractivity contribution in [2.75, 3.05) is 46.8 Å². The summed E-state index contributed by atoms with van der Waals surface area (Å²) in [5.41, 5.74) is 3.09. The van der Waals surface area contributed by atoms with Crippen molar-refractivity contribution >= 4 is 21.8 Å². The summed E-state index contributed by atoms with van der Waals surface area (Å²) in [6, 6.07) is 6.46. The summed E-state index contributed by atoms with van der Waals surface area (Å²) < 4.78 is 30.2. The molecule has 1 aromatic carbocycles. The van der Waals surface area contributed by atoms with Crippen molar-refractivity contribution in [1.82, 2.24) is 34.5 Å². The molecule has 1 saturated carbocycles. The number of hydrogen-bond acceptors (Lipinski definition) is 7. The number of aryl methyl sites for hydroxylation is 1. The zero-order valence-corrected chi connectivity index (χ0v) is 30.6. The number of rotatable bonds is 14. The Bertz CT molecular complexity index is 1510. The smallest absolute Gasteiger partial charge is 0.246 e. The number of carbonyl (C=O) groups excluding carboxylic acids is 2. The van der Waals surface area contributed by atoms with Crippen LogP contribution in [-0.2, 0) is 26.2 Å². The first-order chi connectivity index (χ1) is 22.9. The summed E-state index contributed by atoms with van der Waals surface area (Å²) in [5, 5.41) is 8.03. The number of aromatic nitrogens is 2. The van der Waals surface area contributed by atoms with Crippen molar-refractivity contribution < 1.29 is 18.0 Å². The topological polar surface area (TPSA) is 120 Å². The van der Waals surface area contributed by atoms with E-state index in [0.29, 0.717) is 38.4 Å². The van der Waals surface area contributed by atoms with Crippen LogP contribution in [0.4, 0.5) is 0 Å². The van der Waals surface area contributed by atoms with Gasteiger partial charge in [0, 0.05) is 44.0 Å². The lowest BCUT2D eigenvalue weighted by Crippen LogP contribution is -2.73. The van der Waals surface area contributed by atoms with E-state index in [2.05, 4.69) is 21.9 Å². The molecule has 0 unspecified atom stereocenters. The van der Waals surface area contributed by atoms with E-state index in [0.717, 1.165) is 80.8 Å². The number of unbranched alkanes of at least 4 members (excludes halogenated alkanes) is 1. The van der Waals surface area contributed by atoms with Crippen molar-refractivity contribution in [3.8, 4) is 5.69 Å². The highest BCUT2D eigenvalue weighted by Crippen LogP contribution is 2.36. The molecule has 2 aliphatic heterocycles. The van der Waals surface area contributed by atoms with Crippen LogP contribution in [0.15, 0.2) is 29.2 Å². The monoisotopic (exact) mass is 683 g/mol. The number of sulfonamides is 1. The average Bonchev–Trinajstić information content (AvgIpc) is 3.35. The number of nitrogens with one attached hydrogen (secondary N) is 2. The fraction of sp³-hybridized carbons (Fsp3) is 0.694. The minimum atomic E-state index is -3.59. The first kappa shape index (κ1) is 36.5. The zero-order valence-electron chi connectivity index (χ0n) is 29.8. The lowest BCUT2D eigenvalue weighted by Gasteiger charge is -2.52. The Morgan fingerprint density at radius 1 is 1.02 bits per heavy atom. The van der Waals surface area contributed by atoms with E-state index in [9.17, 15) is 18.0 Å². The van der Waals surface area contributed by atoms with Gasteiger partial charge in [-0.05, 0) is 96.8 Å². The number of hydrogen-bond donors (Lipinski definition) is 2. The number of nitrogens with zero attached hydrogens (tertiary/aromatic N) is 5. The quantitative estimate of drug-likeness (QED) is 0.287. The molecule has 5 rings (SSSR count). The van der Waals surface area contributed by atoms with Gasteiger partial charge >= 0.3 is 0 Å². The SMILES string of the molecule is CCCCN1C(=O)[C@H](CC2CCCCC2)NC(=O)C12CCN(Cc1c(C)nn(-c3ccc(S(=O)(=O)NCCCN(C)C)cc3)c1C)CC2. The van der Waals surface area contributed by atoms with Gasteiger partial charge in [0.05, 0.1) is 16.3 Å². The molecule has 3 fully saturated rings. The van der Waals surface area contributed by atoms with Crippen LogP contribution < -0.4 is 10.0 Å². The van der Waals surface area contributed by atoms with Crippen LogP contribution in [0.25, 0.3) is 5.69 Å². The van der Waals surface area contributed by atoms with E-state index in [1.807, 2.05) is 42.4 Å². The number of carbonyl (C=O) groups is 2. The molecule has 2 N–H and O–H groups in total. The highest BCUT2D eigenvalue weighted by atomic mass is 32.2. The van der Waals surface area contributed by atoms with Crippen LogP contribution in [0.3, 0.4) is 0 Å². The Hall–Kier alpha value is -2.80. The average molecular weight is 684 g/mol. The fourth-order valence-corrected chi connectivity index (χ4v) is 8.91. The Labute approximate surface area is 287 Å². The van der Waals surface area contributed by atoms with Crippen molar-refractivity contribution in [3.05, 3.63) is 41.2 Å². The predicted octanol–water partition coefficient (Wildman–Crippen LogP) is 4.15. The number of piperidine rings is 1. The molecular weight excluding hydrogens is 627 g/mol. The lowest BCUT2D eigenvalue weighted by molar-refractivity contribution is -0.162. The standard InChI is InChI=1S/C36H57N7O4S/c1-6-7-22-42-34(44)33(25-29-12-9-8-10-13-29)38-35(45)36(42)18-23-41(24-19-36)26-32-27(2)39-43(28(32)3)30-14-16-31(17-15-30)48(46,47)37-20-11-21-40(4)5/h14-17,29,33,37H,6-13,18-26H2,1-5H3,(H,38,45)/t33-/m0/s1. The van der Waals surface area contributed by atoms with Gasteiger partial charge in [-0.3, -0.25) is 14.5 Å². The van der Waals surface area contributed by atoms with Gasteiger partial charge in [-0.1, -0.05) is 45.4 Å². The number of benzene rings is 1. The maximum atomic E-state index is 13.9. The van der Waals surface area contributed by atoms with Gasteiger partial charge in [0.1, 0.15) is 11.6 Å². The Morgan fingerprint density at radius 3 is 2.35 bits per heavy atom. The van der Waals surface area contributed by atoms with Crippen LogP contribution >= 0.6 is 0 Å². The molecule has 1 aliphatic carbocycles. The lowest BCUT2D eigenvalue weighted by atomic mass is 9.79. The highest BCUT2D eigenvalue weighted by molar-refractivity contribution is 7.89. The molecule has 2 saturated heterocycles. The van der Waals surface area contributed by atoms with Gasteiger partial charge < -0.3 is 15.1 Å². The van der Waals surface area contributed by atoms with Crippen molar-refractivity contribution in [2.24, 2.45) is 5.92 Å². The molecular formula is C36H57N7O4S. The second kappa shape index (κ2) is 15.8. The van der Waals surface area contributed by atoms with Crippen LogP contribution in [0.1, 0.15) is 94.5 Å². The summed E-state index contributed by atoms with van der Waals surface area (Å²) in [4.78, 5) is 34.4. The van der Waals surface area contributed by atoms with Gasteiger partial charge in [0.2, 0.25) is 21.8 Å². The third-order valence-electron chi connectivity index (χ3n) is 10.8. The van der Waals surface area contributed by atoms with E-state index in [-0.39, 0.29) is 16.7 Å². The highest BCUT2D eigenvalue weighted by Gasteiger charge is 2.53. The molecule has 2 amide bonds. The molecule has 0 bridgehead atoms. The summed E-state index contributed by atoms with van der Waals surface area (Å²) in [6.07, 6.45) is 10.7. The Balaban J connectivity index is 1.23. The van der Waals surface area contributed by atoms with Crippen LogP contribution in [0, 0.1) is 19.8 Å². The fourth-order valence-electron chi connectivity index (χ4n) is 7.84. The predicted molar refractivity (Wildman–Crippen MR) is 188 cm³/mol. The first-order valence-corrected chi connectivity index (χ1v) is 19.6. The molecule has 3 aliphatic rings. The molecule has 11 nitrogen and oxygen atoms in total. The van der Waals surface area contributed by atoms with Gasteiger partial charge in [0.15, 0.2) is 0 Å². The minimum absolute atomic E-state index is 0.0352. The third kappa shape index (κ3) is 8.14. The van der Waals surface area contributed by atoms with Crippen molar-refractivity contribution in [1.29, 1.82) is 0 Å². The molecule has 1 aromatic heterocycles. The van der Waals surface area contributed by atoms with Crippen LogP contribution in [-0.4, -0.2) is 103 Å². The van der Waals surface area contributed by atoms with Crippen molar-refractivity contribution in [3.63, 3.8) is 0 Å². The first-order valence-electron chi connectivity index (χ1n) is 18.1. The van der Waals surface area contributed by atoms with Crippen molar-refractivity contribution in [2.45, 2.75) is 114 Å². The van der Waals surface area contributed by atoms with E-state index in [1.54, 1.807) is 24.3 Å². The minimum Gasteiger partial charge on any atom is -0.342 e. The number of likely N-dealkylation sites (tertiary alicyclic amines) is 1. The zero-order chi connectivity index (χ0) is 34.5. The number of amides is 2. The van der Waals surface area contributed by atoms with Crippen LogP contribution in [0.5, 0.6) is 0 Å². The maximum Gasteiger partial charge on any atom is 0.246 e. The molecule has 48 heavy (non-hydrogen) atoms. The van der Waals surface area contributed by atoms with E-state index in [4.69, 9.17) is 5.10 Å². The molecule has 266 valence electrons. The van der Waals surface area contributed by atoms with Gasteiger partial charge in [-0.25, -0.2) is 17.8 Å². The van der Waals surface area contributed by atoms with E-state index < -0.39 is 21.6 Å². The van der Waals surface area contributed by atoms with E-state index in [1.165, 1.54) is 19.3 Å². The summed E-state index contributed by atoms with van der Waals surface area (Å²) >= 11 is 0. The normalized spacial score (nSPS) is 21.0. The van der Waals surface area contributed by atoms with Gasteiger partial charge in [-0.2, -0.15) is 5.10 Å². The summed E-state index contributed by atoms with van der Waals surface area (Å²) in [5.74, 6) is 0.678. The Morgan fingerprint density at radius 2 is 1.71 bits per heavy atom. The van der Waals surface area contributed by atoms with Gasteiger partial charge in [-0.15, -0.1) is 0 Å². The molecule has 0 radical (unpaired) electrons. The molecule has 1 atom stereocenters. The molecule has 2 aromatic rings. The van der Waals surface area contributed by atoms with Gasteiger partial charge in [0.25, 0.3) is 0 Å². The largest absolute Gasteiger partial charge is 0.342 e. The van der Waals surface area contributed by atoms with E-state index >= 15 is 0 Å². The van der Waals surface area contributed by atoms with Crippen LogP contribution in [0.2, 0.25) is 0 Å². The molecule has 3 heterocycles. The Kier molecular flexibility index (Phi) is 12.0. The molecule has 1 spiro atoms. The second-order valence-electron chi connectivity index (χ2n) is 14.5.